The van der Waals surface area contributed by atoms with Gasteiger partial charge in [-0.2, -0.15) is 8.75 Å². The quantitative estimate of drug-likeness (QED) is 0.142. The molecule has 4 aromatic heterocycles. The van der Waals surface area contributed by atoms with E-state index in [4.69, 9.17) is 18.7 Å². The fourth-order valence-electron chi connectivity index (χ4n) is 6.62. The van der Waals surface area contributed by atoms with Gasteiger partial charge in [-0.05, 0) is 123 Å². The van der Waals surface area contributed by atoms with Crippen molar-refractivity contribution in [2.24, 2.45) is 11.8 Å². The molecule has 4 nitrogen and oxygen atoms in total. The van der Waals surface area contributed by atoms with Crippen LogP contribution in [0.5, 0.6) is 0 Å². The molecule has 0 aliphatic rings. The Hall–Kier alpha value is -3.78. The molecule has 0 fully saturated rings. The number of aromatic nitrogens is 4. The average molecular weight is 701 g/mol. The van der Waals surface area contributed by atoms with Crippen molar-refractivity contribution in [1.29, 1.82) is 0 Å². The van der Waals surface area contributed by atoms with Crippen molar-refractivity contribution in [3.8, 4) is 41.8 Å². The lowest BCUT2D eigenvalue weighted by Crippen LogP contribution is -1.98. The molecule has 0 aliphatic carbocycles. The van der Waals surface area contributed by atoms with E-state index in [9.17, 15) is 0 Å². The Morgan fingerprint density at radius 1 is 0.510 bits per heavy atom. The maximum absolute atomic E-state index is 5.22. The first kappa shape index (κ1) is 33.7. The second-order valence-electron chi connectivity index (χ2n) is 14.3. The summed E-state index contributed by atoms with van der Waals surface area (Å²) in [6.45, 7) is 17.7. The molecule has 0 spiro atoms. The molecule has 0 atom stereocenters. The number of nitrogens with zero attached hydrogens (tertiary/aromatic N) is 4. The van der Waals surface area contributed by atoms with Gasteiger partial charge in [0.2, 0.25) is 0 Å². The van der Waals surface area contributed by atoms with Gasteiger partial charge < -0.3 is 0 Å². The number of benzene rings is 3. The molecule has 0 unspecified atom stereocenters. The van der Waals surface area contributed by atoms with Crippen molar-refractivity contribution in [3.05, 3.63) is 94.3 Å². The molecular weight excluding hydrogens is 657 g/mol. The van der Waals surface area contributed by atoms with Crippen molar-refractivity contribution < 1.29 is 0 Å². The zero-order valence-corrected chi connectivity index (χ0v) is 32.2. The lowest BCUT2D eigenvalue weighted by molar-refractivity contribution is 0.586. The molecule has 7 heteroatoms. The zero-order chi connectivity index (χ0) is 34.4. The predicted molar refractivity (Wildman–Crippen MR) is 213 cm³/mol. The molecule has 4 heterocycles. The highest BCUT2D eigenvalue weighted by atomic mass is 32.1. The third-order valence-electron chi connectivity index (χ3n) is 9.58. The number of rotatable bonds is 10. The highest BCUT2D eigenvalue weighted by Crippen LogP contribution is 2.47. The summed E-state index contributed by atoms with van der Waals surface area (Å²) in [5.74, 6) is 1.41. The van der Waals surface area contributed by atoms with E-state index >= 15 is 0 Å². The first-order valence-electron chi connectivity index (χ1n) is 17.4. The number of hydrogen-bond acceptors (Lipinski definition) is 7. The van der Waals surface area contributed by atoms with E-state index in [1.54, 1.807) is 22.7 Å². The molecule has 7 rings (SSSR count). The third kappa shape index (κ3) is 6.73. The Bertz CT molecular complexity index is 2140. The van der Waals surface area contributed by atoms with Crippen molar-refractivity contribution in [2.45, 2.75) is 81.1 Å². The van der Waals surface area contributed by atoms with Gasteiger partial charge in [-0.15, -0.1) is 22.7 Å². The number of hydrogen-bond donors (Lipinski definition) is 0. The molecule has 0 N–H and O–H groups in total. The Labute approximate surface area is 302 Å². The lowest BCUT2D eigenvalue weighted by Gasteiger charge is -2.12. The third-order valence-corrected chi connectivity index (χ3v) is 12.4. The van der Waals surface area contributed by atoms with Gasteiger partial charge in [0.05, 0.1) is 23.1 Å². The van der Waals surface area contributed by atoms with Crippen LogP contribution in [0.25, 0.3) is 63.8 Å². The van der Waals surface area contributed by atoms with Gasteiger partial charge in [-0.25, -0.2) is 9.97 Å². The number of fused-ring (bicyclic) bond motifs is 2. The van der Waals surface area contributed by atoms with Crippen LogP contribution in [0.2, 0.25) is 0 Å². The molecule has 7 aromatic rings. The minimum Gasteiger partial charge on any atom is -0.249 e. The van der Waals surface area contributed by atoms with Crippen LogP contribution in [0.3, 0.4) is 0 Å². The summed E-state index contributed by atoms with van der Waals surface area (Å²) < 4.78 is 9.84. The maximum Gasteiger partial charge on any atom is 0.116 e. The Kier molecular flexibility index (Phi) is 9.53. The van der Waals surface area contributed by atoms with Crippen LogP contribution in [0.4, 0.5) is 0 Å². The van der Waals surface area contributed by atoms with E-state index in [1.807, 2.05) is 0 Å². The van der Waals surface area contributed by atoms with E-state index in [0.717, 1.165) is 67.2 Å². The van der Waals surface area contributed by atoms with E-state index < -0.39 is 0 Å². The fourth-order valence-corrected chi connectivity index (χ4v) is 9.47. The van der Waals surface area contributed by atoms with Crippen LogP contribution in [-0.2, 0) is 12.8 Å². The first-order chi connectivity index (χ1) is 23.6. The maximum atomic E-state index is 5.22. The van der Waals surface area contributed by atoms with Crippen molar-refractivity contribution in [2.75, 3.05) is 0 Å². The molecule has 0 bridgehead atoms. The Morgan fingerprint density at radius 2 is 0.918 bits per heavy atom. The molecule has 0 aliphatic heterocycles. The summed E-state index contributed by atoms with van der Waals surface area (Å²) in [7, 11) is 0. The number of thiophene rings is 2. The lowest BCUT2D eigenvalue weighted by atomic mass is 9.98. The van der Waals surface area contributed by atoms with Crippen LogP contribution in [-0.4, -0.2) is 18.7 Å². The molecule has 0 saturated carbocycles. The molecular formula is C42H44N4S3. The normalized spacial score (nSPS) is 12.0. The zero-order valence-electron chi connectivity index (χ0n) is 29.8. The van der Waals surface area contributed by atoms with Crippen LogP contribution in [0, 0.1) is 39.5 Å². The van der Waals surface area contributed by atoms with Crippen LogP contribution in [0.15, 0.2) is 60.7 Å². The molecule has 250 valence electrons. The molecule has 0 amide bonds. The van der Waals surface area contributed by atoms with Gasteiger partial charge in [0.25, 0.3) is 0 Å². The van der Waals surface area contributed by atoms with E-state index in [1.165, 1.54) is 67.7 Å². The average Bonchev–Trinajstić information content (AvgIpc) is 3.85. The minimum absolute atomic E-state index is 0.705. The van der Waals surface area contributed by atoms with Gasteiger partial charge >= 0.3 is 0 Å². The molecule has 0 saturated heterocycles. The van der Waals surface area contributed by atoms with Gasteiger partial charge in [-0.3, -0.25) is 0 Å². The highest BCUT2D eigenvalue weighted by Gasteiger charge is 2.25. The molecule has 49 heavy (non-hydrogen) atoms. The van der Waals surface area contributed by atoms with Crippen LogP contribution in [0.1, 0.15) is 74.2 Å². The van der Waals surface area contributed by atoms with Crippen molar-refractivity contribution in [3.63, 3.8) is 0 Å². The summed E-state index contributed by atoms with van der Waals surface area (Å²) in [4.78, 5) is 15.2. The highest BCUT2D eigenvalue weighted by molar-refractivity contribution is 7.19. The summed E-state index contributed by atoms with van der Waals surface area (Å²) in [6, 6.07) is 22.9. The second kappa shape index (κ2) is 13.9. The first-order valence-corrected chi connectivity index (χ1v) is 19.8. The van der Waals surface area contributed by atoms with E-state index in [2.05, 4.69) is 116 Å². The van der Waals surface area contributed by atoms with E-state index in [0.29, 0.717) is 11.8 Å². The van der Waals surface area contributed by atoms with Gasteiger partial charge in [0.15, 0.2) is 0 Å². The summed E-state index contributed by atoms with van der Waals surface area (Å²) >= 11 is 4.88. The van der Waals surface area contributed by atoms with E-state index in [-0.39, 0.29) is 0 Å². The fraction of sp³-hybridized carbons (Fsp3) is 0.333. The smallest absolute Gasteiger partial charge is 0.116 e. The van der Waals surface area contributed by atoms with Crippen LogP contribution >= 0.6 is 34.4 Å². The summed E-state index contributed by atoms with van der Waals surface area (Å²) in [5.41, 5.74) is 15.6. The SMILES string of the molecule is Cc1cc(CCC(C)C)ccc1-c1ccc(-c2c3nsnc3c(-c3ccc(-c4ccc(CCC(C)C)cc4C)s3)c3nc(C)c(C)nc23)s1. The Morgan fingerprint density at radius 3 is 1.31 bits per heavy atom. The van der Waals surface area contributed by atoms with Gasteiger partial charge in [-0.1, -0.05) is 64.1 Å². The monoisotopic (exact) mass is 700 g/mol. The van der Waals surface area contributed by atoms with Gasteiger partial charge in [0, 0.05) is 30.6 Å². The predicted octanol–water partition coefficient (Wildman–Crippen LogP) is 12.8. The molecule has 3 aromatic carbocycles. The summed E-state index contributed by atoms with van der Waals surface area (Å²) in [6.07, 6.45) is 4.66. The summed E-state index contributed by atoms with van der Waals surface area (Å²) in [5, 5.41) is 0. The van der Waals surface area contributed by atoms with Crippen molar-refractivity contribution >= 4 is 56.5 Å². The van der Waals surface area contributed by atoms with Crippen LogP contribution < -0.4 is 0 Å². The minimum atomic E-state index is 0.705. The van der Waals surface area contributed by atoms with Gasteiger partial charge in [0.1, 0.15) is 22.1 Å². The Balaban J connectivity index is 1.32. The second-order valence-corrected chi connectivity index (χ2v) is 17.0. The standard InChI is InChI=1S/C42H44N4S3/c1-23(2)9-11-29-13-15-31(25(5)21-29)33-17-19-35(47-33)37-39-40(44-28(8)27(7)43-39)38(42-41(37)45-49-46-42)36-20-18-34(48-36)32-16-14-30(22-26(32)6)12-10-24(3)4/h13-24H,9-12H2,1-8H3. The topological polar surface area (TPSA) is 51.6 Å². The molecule has 0 radical (unpaired) electrons. The largest absolute Gasteiger partial charge is 0.249 e. The van der Waals surface area contributed by atoms with Crippen molar-refractivity contribution in [1.82, 2.24) is 18.7 Å². The number of aryl methyl sites for hydroxylation is 6.